The third-order valence-electron chi connectivity index (χ3n) is 1.63. The molecule has 1 aliphatic rings. The monoisotopic (exact) mass is 160 g/mol. The normalized spacial score (nSPS) is 23.7. The Morgan fingerprint density at radius 3 is 2.55 bits per heavy atom. The van der Waals surface area contributed by atoms with Crippen LogP contribution in [0.3, 0.4) is 0 Å². The summed E-state index contributed by atoms with van der Waals surface area (Å²) in [6, 6.07) is 0. The molecule has 0 aromatic heterocycles. The van der Waals surface area contributed by atoms with Gasteiger partial charge < -0.3 is 9.47 Å². The van der Waals surface area contributed by atoms with Gasteiger partial charge in [-0.2, -0.15) is 0 Å². The van der Waals surface area contributed by atoms with Gasteiger partial charge in [-0.25, -0.2) is 0 Å². The SMILES string of the molecule is CC.COCC1CCCCO1. The Labute approximate surface area is 69.9 Å². The van der Waals surface area contributed by atoms with E-state index in [1.165, 1.54) is 19.3 Å². The molecule has 1 saturated heterocycles. The second-order valence-electron chi connectivity index (χ2n) is 2.44. The van der Waals surface area contributed by atoms with Crippen LogP contribution in [0.5, 0.6) is 0 Å². The van der Waals surface area contributed by atoms with E-state index in [4.69, 9.17) is 9.47 Å². The van der Waals surface area contributed by atoms with E-state index < -0.39 is 0 Å². The van der Waals surface area contributed by atoms with E-state index >= 15 is 0 Å². The van der Waals surface area contributed by atoms with Gasteiger partial charge in [0.1, 0.15) is 0 Å². The van der Waals surface area contributed by atoms with Crippen molar-refractivity contribution in [3.8, 4) is 0 Å². The first-order chi connectivity index (χ1) is 5.43. The summed E-state index contributed by atoms with van der Waals surface area (Å²) >= 11 is 0. The van der Waals surface area contributed by atoms with Gasteiger partial charge in [-0.3, -0.25) is 0 Å². The third-order valence-corrected chi connectivity index (χ3v) is 1.63. The average Bonchev–Trinajstić information content (AvgIpc) is 2.11. The van der Waals surface area contributed by atoms with E-state index in [0.29, 0.717) is 6.10 Å². The smallest absolute Gasteiger partial charge is 0.0808 e. The maximum atomic E-state index is 5.39. The van der Waals surface area contributed by atoms with Crippen LogP contribution in [0.2, 0.25) is 0 Å². The standard InChI is InChI=1S/C7H14O2.C2H6/c1-8-6-7-4-2-3-5-9-7;1-2/h7H,2-6H2,1H3;1-2H3. The van der Waals surface area contributed by atoms with Gasteiger partial charge in [0.2, 0.25) is 0 Å². The van der Waals surface area contributed by atoms with Crippen molar-refractivity contribution >= 4 is 0 Å². The summed E-state index contributed by atoms with van der Waals surface area (Å²) in [4.78, 5) is 0. The van der Waals surface area contributed by atoms with Crippen molar-refractivity contribution in [2.24, 2.45) is 0 Å². The second kappa shape index (κ2) is 8.02. The van der Waals surface area contributed by atoms with Gasteiger partial charge in [-0.05, 0) is 19.3 Å². The zero-order chi connectivity index (χ0) is 8.53. The molecule has 0 radical (unpaired) electrons. The molecule has 11 heavy (non-hydrogen) atoms. The summed E-state index contributed by atoms with van der Waals surface area (Å²) in [6.45, 7) is 5.69. The van der Waals surface area contributed by atoms with Crippen molar-refractivity contribution in [2.75, 3.05) is 20.3 Å². The lowest BCUT2D eigenvalue weighted by Crippen LogP contribution is -2.23. The van der Waals surface area contributed by atoms with Gasteiger partial charge in [0.25, 0.3) is 0 Å². The van der Waals surface area contributed by atoms with Crippen LogP contribution in [-0.2, 0) is 9.47 Å². The minimum absolute atomic E-state index is 0.378. The topological polar surface area (TPSA) is 18.5 Å². The molecule has 1 rings (SSSR count). The van der Waals surface area contributed by atoms with Crippen LogP contribution in [0, 0.1) is 0 Å². The van der Waals surface area contributed by atoms with E-state index in [-0.39, 0.29) is 0 Å². The average molecular weight is 160 g/mol. The number of rotatable bonds is 2. The highest BCUT2D eigenvalue weighted by atomic mass is 16.5. The van der Waals surface area contributed by atoms with E-state index in [1.807, 2.05) is 13.8 Å². The number of hydrogen-bond donors (Lipinski definition) is 0. The molecule has 1 heterocycles. The molecule has 1 atom stereocenters. The number of ether oxygens (including phenoxy) is 2. The first-order valence-electron chi connectivity index (χ1n) is 4.54. The Morgan fingerprint density at radius 2 is 2.09 bits per heavy atom. The van der Waals surface area contributed by atoms with Crippen LogP contribution in [-0.4, -0.2) is 26.4 Å². The molecule has 2 heteroatoms. The number of methoxy groups -OCH3 is 1. The lowest BCUT2D eigenvalue weighted by molar-refractivity contribution is -0.0289. The molecular formula is C9H20O2. The van der Waals surface area contributed by atoms with Gasteiger partial charge in [0.05, 0.1) is 12.7 Å². The van der Waals surface area contributed by atoms with Crippen molar-refractivity contribution in [1.29, 1.82) is 0 Å². The van der Waals surface area contributed by atoms with E-state index in [0.717, 1.165) is 13.2 Å². The molecule has 0 bridgehead atoms. The maximum absolute atomic E-state index is 5.39. The second-order valence-corrected chi connectivity index (χ2v) is 2.44. The van der Waals surface area contributed by atoms with Crippen LogP contribution in [0.1, 0.15) is 33.1 Å². The third kappa shape index (κ3) is 5.22. The van der Waals surface area contributed by atoms with Crippen molar-refractivity contribution in [1.82, 2.24) is 0 Å². The van der Waals surface area contributed by atoms with Gasteiger partial charge in [-0.15, -0.1) is 0 Å². The molecule has 0 aromatic rings. The minimum Gasteiger partial charge on any atom is -0.382 e. The molecule has 0 aliphatic carbocycles. The van der Waals surface area contributed by atoms with Crippen molar-refractivity contribution < 1.29 is 9.47 Å². The van der Waals surface area contributed by atoms with Crippen LogP contribution < -0.4 is 0 Å². The summed E-state index contributed by atoms with van der Waals surface area (Å²) in [6.07, 6.45) is 4.07. The van der Waals surface area contributed by atoms with Crippen LogP contribution in [0.4, 0.5) is 0 Å². The predicted molar refractivity (Wildman–Crippen MR) is 46.8 cm³/mol. The minimum atomic E-state index is 0.378. The molecule has 0 amide bonds. The maximum Gasteiger partial charge on any atom is 0.0808 e. The van der Waals surface area contributed by atoms with Gasteiger partial charge in [0.15, 0.2) is 0 Å². The summed E-state index contributed by atoms with van der Waals surface area (Å²) in [5.41, 5.74) is 0. The highest BCUT2D eigenvalue weighted by Crippen LogP contribution is 2.11. The Bertz CT molecular complexity index is 65.2. The van der Waals surface area contributed by atoms with E-state index in [9.17, 15) is 0 Å². The van der Waals surface area contributed by atoms with E-state index in [2.05, 4.69) is 0 Å². The van der Waals surface area contributed by atoms with Gasteiger partial charge in [-0.1, -0.05) is 13.8 Å². The van der Waals surface area contributed by atoms with Crippen LogP contribution >= 0.6 is 0 Å². The van der Waals surface area contributed by atoms with Crippen LogP contribution in [0.25, 0.3) is 0 Å². The quantitative estimate of drug-likeness (QED) is 0.616. The molecular weight excluding hydrogens is 140 g/mol. The summed E-state index contributed by atoms with van der Waals surface area (Å²) < 4.78 is 10.3. The fraction of sp³-hybridized carbons (Fsp3) is 1.00. The highest BCUT2D eigenvalue weighted by Gasteiger charge is 2.12. The zero-order valence-corrected chi connectivity index (χ0v) is 7.93. The van der Waals surface area contributed by atoms with Gasteiger partial charge in [0, 0.05) is 13.7 Å². The molecule has 68 valence electrons. The Kier molecular flexibility index (Phi) is 7.96. The first kappa shape index (κ1) is 10.9. The molecule has 0 N–H and O–H groups in total. The fourth-order valence-electron chi connectivity index (χ4n) is 1.12. The van der Waals surface area contributed by atoms with Crippen molar-refractivity contribution in [2.45, 2.75) is 39.2 Å². The van der Waals surface area contributed by atoms with Gasteiger partial charge >= 0.3 is 0 Å². The Balaban J connectivity index is 0.000000461. The van der Waals surface area contributed by atoms with Crippen molar-refractivity contribution in [3.63, 3.8) is 0 Å². The molecule has 1 aliphatic heterocycles. The highest BCUT2D eigenvalue weighted by molar-refractivity contribution is 4.61. The summed E-state index contributed by atoms with van der Waals surface area (Å²) in [5.74, 6) is 0. The Hall–Kier alpha value is -0.0800. The number of hydrogen-bond acceptors (Lipinski definition) is 2. The largest absolute Gasteiger partial charge is 0.382 e. The molecule has 1 unspecified atom stereocenters. The fourth-order valence-corrected chi connectivity index (χ4v) is 1.12. The van der Waals surface area contributed by atoms with Crippen molar-refractivity contribution in [3.05, 3.63) is 0 Å². The first-order valence-corrected chi connectivity index (χ1v) is 4.54. The molecule has 2 nitrogen and oxygen atoms in total. The molecule has 0 saturated carbocycles. The van der Waals surface area contributed by atoms with Crippen LogP contribution in [0.15, 0.2) is 0 Å². The predicted octanol–water partition coefficient (Wildman–Crippen LogP) is 2.23. The molecule has 1 fully saturated rings. The zero-order valence-electron chi connectivity index (χ0n) is 7.93. The molecule has 0 spiro atoms. The summed E-state index contributed by atoms with van der Waals surface area (Å²) in [7, 11) is 1.72. The Morgan fingerprint density at radius 1 is 1.36 bits per heavy atom. The lowest BCUT2D eigenvalue weighted by atomic mass is 10.1. The molecule has 0 aromatic carbocycles. The summed E-state index contributed by atoms with van der Waals surface area (Å²) in [5, 5.41) is 0. The lowest BCUT2D eigenvalue weighted by Gasteiger charge is -2.21. The van der Waals surface area contributed by atoms with E-state index in [1.54, 1.807) is 7.11 Å².